The number of carbonyl (C=O) groups is 1. The monoisotopic (exact) mass is 264 g/mol. The van der Waals surface area contributed by atoms with Crippen LogP contribution in [0.1, 0.15) is 5.56 Å². The van der Waals surface area contributed by atoms with Crippen LogP contribution in [-0.2, 0) is 4.79 Å². The molecule has 0 saturated carbocycles. The molecule has 1 fully saturated rings. The number of nitrogens with two attached hydrogens (primary N) is 1. The van der Waals surface area contributed by atoms with E-state index >= 15 is 0 Å². The van der Waals surface area contributed by atoms with Crippen molar-refractivity contribution >= 4 is 40.3 Å². The molecule has 3 nitrogen and oxygen atoms in total. The fourth-order valence-corrected chi connectivity index (χ4v) is 2.83. The lowest BCUT2D eigenvalue weighted by atomic mass is 10.2. The molecule has 17 heavy (non-hydrogen) atoms. The predicted octanol–water partition coefficient (Wildman–Crippen LogP) is 1.85. The van der Waals surface area contributed by atoms with E-state index in [1.165, 1.54) is 11.8 Å². The van der Waals surface area contributed by atoms with Crippen LogP contribution in [0.5, 0.6) is 0 Å². The molecule has 2 N–H and O–H groups in total. The third-order valence-electron chi connectivity index (χ3n) is 2.32. The number of thiocarbonyl (C=S) groups is 1. The molecule has 1 aliphatic heterocycles. The Labute approximate surface area is 110 Å². The van der Waals surface area contributed by atoms with Gasteiger partial charge >= 0.3 is 0 Å². The number of benzene rings is 1. The molecule has 0 spiro atoms. The summed E-state index contributed by atoms with van der Waals surface area (Å²) in [4.78, 5) is 14.2. The number of hydrogen-bond acceptors (Lipinski definition) is 4. The highest BCUT2D eigenvalue weighted by molar-refractivity contribution is 8.26. The molecule has 1 aliphatic rings. The fraction of sp³-hybridized carbons (Fsp3) is 0.167. The number of nitrogens with zero attached hydrogens (tertiary/aromatic N) is 1. The van der Waals surface area contributed by atoms with Crippen LogP contribution in [0.2, 0.25) is 0 Å². The lowest BCUT2D eigenvalue weighted by molar-refractivity contribution is -0.122. The highest BCUT2D eigenvalue weighted by atomic mass is 32.2. The number of carbonyl (C=O) groups excluding carboxylic acids is 1. The molecule has 0 aliphatic carbocycles. The molecule has 1 saturated heterocycles. The fourth-order valence-electron chi connectivity index (χ4n) is 1.52. The Kier molecular flexibility index (Phi) is 3.93. The maximum Gasteiger partial charge on any atom is 0.266 e. The summed E-state index contributed by atoms with van der Waals surface area (Å²) in [5.41, 5.74) is 6.45. The van der Waals surface area contributed by atoms with Gasteiger partial charge in [-0.3, -0.25) is 9.69 Å². The summed E-state index contributed by atoms with van der Waals surface area (Å²) in [6.07, 6.45) is 1.86. The van der Waals surface area contributed by atoms with Gasteiger partial charge in [0, 0.05) is 13.1 Å². The van der Waals surface area contributed by atoms with Crippen molar-refractivity contribution in [3.63, 3.8) is 0 Å². The van der Waals surface area contributed by atoms with Gasteiger partial charge in [-0.2, -0.15) is 0 Å². The molecule has 0 aromatic heterocycles. The van der Waals surface area contributed by atoms with Crippen LogP contribution in [-0.4, -0.2) is 28.2 Å². The van der Waals surface area contributed by atoms with Crippen LogP contribution in [0.15, 0.2) is 35.2 Å². The van der Waals surface area contributed by atoms with Crippen molar-refractivity contribution in [1.29, 1.82) is 0 Å². The van der Waals surface area contributed by atoms with Crippen LogP contribution in [0.25, 0.3) is 6.08 Å². The molecule has 1 aromatic rings. The molecule has 1 amide bonds. The van der Waals surface area contributed by atoms with Crippen molar-refractivity contribution in [2.75, 3.05) is 13.1 Å². The van der Waals surface area contributed by atoms with Crippen LogP contribution in [0.3, 0.4) is 0 Å². The highest BCUT2D eigenvalue weighted by Crippen LogP contribution is 2.31. The summed E-state index contributed by atoms with van der Waals surface area (Å²) < 4.78 is 0.586. The second-order valence-electron chi connectivity index (χ2n) is 3.53. The average Bonchev–Trinajstić information content (AvgIpc) is 2.59. The van der Waals surface area contributed by atoms with Gasteiger partial charge in [0.1, 0.15) is 4.32 Å². The maximum absolute atomic E-state index is 12.0. The van der Waals surface area contributed by atoms with E-state index in [9.17, 15) is 4.79 Å². The normalized spacial score (nSPS) is 18.2. The van der Waals surface area contributed by atoms with Gasteiger partial charge in [-0.1, -0.05) is 54.3 Å². The van der Waals surface area contributed by atoms with E-state index < -0.39 is 0 Å². The minimum Gasteiger partial charge on any atom is -0.329 e. The molecular formula is C12H12N2OS2. The molecule has 0 unspecified atom stereocenters. The lowest BCUT2D eigenvalue weighted by Crippen LogP contribution is -2.32. The first kappa shape index (κ1) is 12.3. The molecular weight excluding hydrogens is 252 g/mol. The zero-order valence-electron chi connectivity index (χ0n) is 9.13. The molecule has 1 aromatic carbocycles. The van der Waals surface area contributed by atoms with Gasteiger partial charge in [0.05, 0.1) is 4.91 Å². The molecule has 2 rings (SSSR count). The minimum absolute atomic E-state index is 0.0469. The summed E-state index contributed by atoms with van der Waals surface area (Å²) in [5.74, 6) is -0.0469. The van der Waals surface area contributed by atoms with Gasteiger partial charge in [-0.15, -0.1) is 0 Å². The Morgan fingerprint density at radius 2 is 2.06 bits per heavy atom. The standard InChI is InChI=1S/C12H12N2OS2/c13-6-7-14-11(15)10(17-12(14)16)8-9-4-2-1-3-5-9/h1-5,8H,6-7,13H2/b10-8+. The van der Waals surface area contributed by atoms with Gasteiger partial charge in [0.15, 0.2) is 0 Å². The second-order valence-corrected chi connectivity index (χ2v) is 5.21. The molecule has 88 valence electrons. The number of hydrogen-bond donors (Lipinski definition) is 1. The maximum atomic E-state index is 12.0. The van der Waals surface area contributed by atoms with Crippen molar-refractivity contribution in [1.82, 2.24) is 4.90 Å². The van der Waals surface area contributed by atoms with Gasteiger partial charge in [0.2, 0.25) is 0 Å². The Bertz CT molecular complexity index is 471. The molecule has 1 heterocycles. The largest absolute Gasteiger partial charge is 0.329 e. The van der Waals surface area contributed by atoms with E-state index in [-0.39, 0.29) is 5.91 Å². The van der Waals surface area contributed by atoms with Crippen molar-refractivity contribution in [3.05, 3.63) is 40.8 Å². The van der Waals surface area contributed by atoms with Crippen molar-refractivity contribution in [2.24, 2.45) is 5.73 Å². The summed E-state index contributed by atoms with van der Waals surface area (Å²) in [6, 6.07) is 9.72. The summed E-state index contributed by atoms with van der Waals surface area (Å²) in [6.45, 7) is 0.905. The molecule has 5 heteroatoms. The van der Waals surface area contributed by atoms with Crippen LogP contribution >= 0.6 is 24.0 Å². The van der Waals surface area contributed by atoms with E-state index in [0.29, 0.717) is 22.3 Å². The Balaban J connectivity index is 2.22. The van der Waals surface area contributed by atoms with E-state index in [1.807, 2.05) is 36.4 Å². The summed E-state index contributed by atoms with van der Waals surface area (Å²) in [5, 5.41) is 0. The number of amides is 1. The topological polar surface area (TPSA) is 46.3 Å². The van der Waals surface area contributed by atoms with E-state index in [1.54, 1.807) is 4.90 Å². The molecule has 0 radical (unpaired) electrons. The summed E-state index contributed by atoms with van der Waals surface area (Å²) in [7, 11) is 0. The number of thioether (sulfide) groups is 1. The third kappa shape index (κ3) is 2.74. The second kappa shape index (κ2) is 5.44. The van der Waals surface area contributed by atoms with Gasteiger partial charge in [0.25, 0.3) is 5.91 Å². The van der Waals surface area contributed by atoms with Crippen LogP contribution in [0, 0.1) is 0 Å². The summed E-state index contributed by atoms with van der Waals surface area (Å²) >= 11 is 6.48. The Morgan fingerprint density at radius 3 is 2.71 bits per heavy atom. The third-order valence-corrected chi connectivity index (χ3v) is 3.70. The zero-order chi connectivity index (χ0) is 12.3. The van der Waals surface area contributed by atoms with E-state index in [0.717, 1.165) is 5.56 Å². The number of rotatable bonds is 3. The SMILES string of the molecule is NCCN1C(=O)/C(=C\c2ccccc2)SC1=S. The molecule has 0 bridgehead atoms. The van der Waals surface area contributed by atoms with Crippen molar-refractivity contribution in [3.8, 4) is 0 Å². The van der Waals surface area contributed by atoms with E-state index in [4.69, 9.17) is 18.0 Å². The first-order valence-corrected chi connectivity index (χ1v) is 6.45. The molecule has 0 atom stereocenters. The van der Waals surface area contributed by atoms with E-state index in [2.05, 4.69) is 0 Å². The first-order chi connectivity index (χ1) is 8.22. The van der Waals surface area contributed by atoms with Crippen LogP contribution < -0.4 is 5.73 Å². The Morgan fingerprint density at radius 1 is 1.35 bits per heavy atom. The lowest BCUT2D eigenvalue weighted by Gasteiger charge is -2.11. The smallest absolute Gasteiger partial charge is 0.266 e. The minimum atomic E-state index is -0.0469. The van der Waals surface area contributed by atoms with Gasteiger partial charge in [-0.25, -0.2) is 0 Å². The van der Waals surface area contributed by atoms with Gasteiger partial charge < -0.3 is 5.73 Å². The highest BCUT2D eigenvalue weighted by Gasteiger charge is 2.31. The van der Waals surface area contributed by atoms with Gasteiger partial charge in [-0.05, 0) is 11.6 Å². The Hall–Kier alpha value is -1.17. The average molecular weight is 264 g/mol. The van der Waals surface area contributed by atoms with Crippen LogP contribution in [0.4, 0.5) is 0 Å². The predicted molar refractivity (Wildman–Crippen MR) is 75.4 cm³/mol. The van der Waals surface area contributed by atoms with Crippen molar-refractivity contribution in [2.45, 2.75) is 0 Å². The zero-order valence-corrected chi connectivity index (χ0v) is 10.8. The first-order valence-electron chi connectivity index (χ1n) is 5.23. The van der Waals surface area contributed by atoms with Crippen molar-refractivity contribution < 1.29 is 4.79 Å². The quantitative estimate of drug-likeness (QED) is 0.668.